The number of rotatable bonds is 5. The number of H-pyrrole nitrogens is 1. The van der Waals surface area contributed by atoms with Crippen LogP contribution in [0.1, 0.15) is 23.2 Å². The Bertz CT molecular complexity index is 771. The molecule has 24 heavy (non-hydrogen) atoms. The number of aromatic amines is 1. The second kappa shape index (κ2) is 6.89. The second-order valence-corrected chi connectivity index (χ2v) is 6.12. The van der Waals surface area contributed by atoms with Crippen LogP contribution in [0, 0.1) is 0 Å². The SMILES string of the molecule is c1ccc(COC2CCc3ccccc3N2Cc2cnc[nH]2)cc1. The highest BCUT2D eigenvalue weighted by Gasteiger charge is 2.27. The van der Waals surface area contributed by atoms with E-state index in [-0.39, 0.29) is 6.23 Å². The van der Waals surface area contributed by atoms with Crippen LogP contribution in [0.15, 0.2) is 67.1 Å². The third-order valence-electron chi connectivity index (χ3n) is 4.49. The van der Waals surface area contributed by atoms with Crippen molar-refractivity contribution in [3.8, 4) is 0 Å². The Morgan fingerprint density at radius 2 is 1.92 bits per heavy atom. The third-order valence-corrected chi connectivity index (χ3v) is 4.49. The fraction of sp³-hybridized carbons (Fsp3) is 0.250. The van der Waals surface area contributed by atoms with E-state index in [0.29, 0.717) is 6.61 Å². The molecule has 4 nitrogen and oxygen atoms in total. The summed E-state index contributed by atoms with van der Waals surface area (Å²) < 4.78 is 6.28. The minimum absolute atomic E-state index is 0.0726. The number of fused-ring (bicyclic) bond motifs is 1. The molecule has 0 radical (unpaired) electrons. The first-order chi connectivity index (χ1) is 11.9. The minimum Gasteiger partial charge on any atom is -0.354 e. The van der Waals surface area contributed by atoms with E-state index in [9.17, 15) is 0 Å². The Hall–Kier alpha value is -2.59. The average Bonchev–Trinajstić information content (AvgIpc) is 3.15. The van der Waals surface area contributed by atoms with E-state index in [1.165, 1.54) is 16.8 Å². The molecule has 0 saturated heterocycles. The third kappa shape index (κ3) is 3.19. The van der Waals surface area contributed by atoms with Crippen molar-refractivity contribution in [1.82, 2.24) is 9.97 Å². The molecule has 1 aliphatic rings. The summed E-state index contributed by atoms with van der Waals surface area (Å²) in [4.78, 5) is 9.68. The molecule has 2 aromatic carbocycles. The summed E-state index contributed by atoms with van der Waals surface area (Å²) in [5.74, 6) is 0. The fourth-order valence-electron chi connectivity index (χ4n) is 3.27. The van der Waals surface area contributed by atoms with Crippen LogP contribution in [-0.4, -0.2) is 16.2 Å². The molecule has 0 saturated carbocycles. The van der Waals surface area contributed by atoms with E-state index in [0.717, 1.165) is 25.1 Å². The number of nitrogens with one attached hydrogen (secondary N) is 1. The Balaban J connectivity index is 1.55. The standard InChI is InChI=1S/C20H21N3O/c1-2-6-16(7-3-1)14-24-20-11-10-17-8-4-5-9-19(17)23(20)13-18-12-21-15-22-18/h1-9,12,15,20H,10-11,13-14H2,(H,21,22). The quantitative estimate of drug-likeness (QED) is 0.775. The Morgan fingerprint density at radius 3 is 2.75 bits per heavy atom. The minimum atomic E-state index is 0.0726. The maximum absolute atomic E-state index is 6.28. The topological polar surface area (TPSA) is 41.1 Å². The van der Waals surface area contributed by atoms with Crippen LogP contribution in [0.4, 0.5) is 5.69 Å². The highest BCUT2D eigenvalue weighted by molar-refractivity contribution is 5.56. The molecule has 4 rings (SSSR count). The zero-order chi connectivity index (χ0) is 16.2. The van der Waals surface area contributed by atoms with Gasteiger partial charge in [0, 0.05) is 11.9 Å². The van der Waals surface area contributed by atoms with Gasteiger partial charge in [0.15, 0.2) is 0 Å². The Kier molecular flexibility index (Phi) is 4.30. The van der Waals surface area contributed by atoms with Crippen molar-refractivity contribution in [2.45, 2.75) is 32.2 Å². The van der Waals surface area contributed by atoms with E-state index in [1.54, 1.807) is 6.33 Å². The zero-order valence-corrected chi connectivity index (χ0v) is 13.6. The molecule has 1 atom stereocenters. The average molecular weight is 319 g/mol. The van der Waals surface area contributed by atoms with Crippen LogP contribution >= 0.6 is 0 Å². The van der Waals surface area contributed by atoms with Crippen molar-refractivity contribution in [2.75, 3.05) is 4.90 Å². The first kappa shape index (κ1) is 15.0. The number of hydrogen-bond acceptors (Lipinski definition) is 3. The number of ether oxygens (including phenoxy) is 1. The lowest BCUT2D eigenvalue weighted by Gasteiger charge is -2.38. The zero-order valence-electron chi connectivity index (χ0n) is 13.6. The van der Waals surface area contributed by atoms with E-state index in [4.69, 9.17) is 4.74 Å². The van der Waals surface area contributed by atoms with Gasteiger partial charge in [-0.2, -0.15) is 0 Å². The van der Waals surface area contributed by atoms with E-state index in [2.05, 4.69) is 63.4 Å². The molecule has 0 fully saturated rings. The van der Waals surface area contributed by atoms with Gasteiger partial charge in [0.1, 0.15) is 6.23 Å². The van der Waals surface area contributed by atoms with Crippen molar-refractivity contribution in [1.29, 1.82) is 0 Å². The fourth-order valence-corrected chi connectivity index (χ4v) is 3.27. The summed E-state index contributed by atoms with van der Waals surface area (Å²) in [5.41, 5.74) is 4.95. The molecule has 0 aliphatic carbocycles. The lowest BCUT2D eigenvalue weighted by Crippen LogP contribution is -2.40. The normalized spacial score (nSPS) is 16.8. The number of hydrogen-bond donors (Lipinski definition) is 1. The summed E-state index contributed by atoms with van der Waals surface area (Å²) in [6.45, 7) is 1.41. The van der Waals surface area contributed by atoms with Gasteiger partial charge in [0.25, 0.3) is 0 Å². The van der Waals surface area contributed by atoms with Gasteiger partial charge in [-0.15, -0.1) is 0 Å². The van der Waals surface area contributed by atoms with Gasteiger partial charge in [-0.25, -0.2) is 4.98 Å². The molecular weight excluding hydrogens is 298 g/mol. The van der Waals surface area contributed by atoms with Gasteiger partial charge >= 0.3 is 0 Å². The molecule has 1 N–H and O–H groups in total. The molecule has 0 bridgehead atoms. The first-order valence-corrected chi connectivity index (χ1v) is 8.37. The van der Waals surface area contributed by atoms with Crippen molar-refractivity contribution in [2.24, 2.45) is 0 Å². The first-order valence-electron chi connectivity index (χ1n) is 8.37. The Morgan fingerprint density at radius 1 is 1.08 bits per heavy atom. The summed E-state index contributed by atoms with van der Waals surface area (Å²) >= 11 is 0. The summed E-state index contributed by atoms with van der Waals surface area (Å²) in [7, 11) is 0. The van der Waals surface area contributed by atoms with Crippen LogP contribution in [0.5, 0.6) is 0 Å². The monoisotopic (exact) mass is 319 g/mol. The van der Waals surface area contributed by atoms with E-state index in [1.807, 2.05) is 12.3 Å². The van der Waals surface area contributed by atoms with E-state index < -0.39 is 0 Å². The molecule has 0 amide bonds. The Labute approximate surface area is 142 Å². The van der Waals surface area contributed by atoms with Gasteiger partial charge in [-0.1, -0.05) is 48.5 Å². The molecular formula is C20H21N3O. The molecule has 0 spiro atoms. The molecule has 3 aromatic rings. The lowest BCUT2D eigenvalue weighted by atomic mass is 10.0. The van der Waals surface area contributed by atoms with Crippen LogP contribution in [0.3, 0.4) is 0 Å². The second-order valence-electron chi connectivity index (χ2n) is 6.12. The van der Waals surface area contributed by atoms with Gasteiger partial charge in [-0.05, 0) is 30.0 Å². The molecule has 4 heteroatoms. The van der Waals surface area contributed by atoms with Crippen molar-refractivity contribution in [3.63, 3.8) is 0 Å². The largest absolute Gasteiger partial charge is 0.354 e. The number of para-hydroxylation sites is 1. The lowest BCUT2D eigenvalue weighted by molar-refractivity contribution is 0.0284. The molecule has 122 valence electrons. The summed E-state index contributed by atoms with van der Waals surface area (Å²) in [6.07, 6.45) is 5.73. The smallest absolute Gasteiger partial charge is 0.131 e. The maximum Gasteiger partial charge on any atom is 0.131 e. The van der Waals surface area contributed by atoms with Crippen LogP contribution in [-0.2, 0) is 24.3 Å². The number of imidazole rings is 1. The number of aromatic nitrogens is 2. The van der Waals surface area contributed by atoms with Crippen molar-refractivity contribution in [3.05, 3.63) is 83.9 Å². The van der Waals surface area contributed by atoms with Crippen molar-refractivity contribution >= 4 is 5.69 Å². The molecule has 1 unspecified atom stereocenters. The molecule has 2 heterocycles. The number of nitrogens with zero attached hydrogens (tertiary/aromatic N) is 2. The summed E-state index contributed by atoms with van der Waals surface area (Å²) in [5, 5.41) is 0. The van der Waals surface area contributed by atoms with E-state index >= 15 is 0 Å². The summed E-state index contributed by atoms with van der Waals surface area (Å²) in [6, 6.07) is 19.0. The molecule has 1 aromatic heterocycles. The predicted octanol–water partition coefficient (Wildman–Crippen LogP) is 3.91. The highest BCUT2D eigenvalue weighted by Crippen LogP contribution is 2.32. The number of benzene rings is 2. The van der Waals surface area contributed by atoms with Gasteiger partial charge in [-0.3, -0.25) is 0 Å². The number of anilines is 1. The number of aryl methyl sites for hydroxylation is 1. The highest BCUT2D eigenvalue weighted by atomic mass is 16.5. The predicted molar refractivity (Wildman–Crippen MR) is 94.6 cm³/mol. The van der Waals surface area contributed by atoms with Crippen molar-refractivity contribution < 1.29 is 4.74 Å². The maximum atomic E-state index is 6.28. The molecule has 1 aliphatic heterocycles. The van der Waals surface area contributed by atoms with Crippen LogP contribution in [0.25, 0.3) is 0 Å². The van der Waals surface area contributed by atoms with Gasteiger partial charge in [0.05, 0.1) is 25.2 Å². The van der Waals surface area contributed by atoms with Crippen LogP contribution in [0.2, 0.25) is 0 Å². The van der Waals surface area contributed by atoms with Gasteiger partial charge < -0.3 is 14.6 Å². The van der Waals surface area contributed by atoms with Crippen LogP contribution < -0.4 is 4.90 Å². The van der Waals surface area contributed by atoms with Gasteiger partial charge in [0.2, 0.25) is 0 Å².